The first-order chi connectivity index (χ1) is 16.3. The molecule has 0 saturated carbocycles. The Bertz CT molecular complexity index is 1070. The van der Waals surface area contributed by atoms with Gasteiger partial charge in [-0.15, -0.1) is 0 Å². The molecule has 2 aliphatic heterocycles. The average Bonchev–Trinajstić information content (AvgIpc) is 3.08. The van der Waals surface area contributed by atoms with Gasteiger partial charge in [-0.2, -0.15) is 5.01 Å². The van der Waals surface area contributed by atoms with E-state index in [0.29, 0.717) is 24.4 Å². The van der Waals surface area contributed by atoms with Crippen LogP contribution in [0.15, 0.2) is 48.5 Å². The van der Waals surface area contributed by atoms with Gasteiger partial charge in [-0.3, -0.25) is 19.9 Å². The number of nitrogens with zero attached hydrogens (tertiary/aromatic N) is 3. The summed E-state index contributed by atoms with van der Waals surface area (Å²) in [5, 5.41) is 3.44. The van der Waals surface area contributed by atoms with E-state index in [2.05, 4.69) is 15.6 Å². The summed E-state index contributed by atoms with van der Waals surface area (Å²) in [5.41, 5.74) is 2.83. The predicted octanol–water partition coefficient (Wildman–Crippen LogP) is 1.32. The Morgan fingerprint density at radius 2 is 1.68 bits per heavy atom. The van der Waals surface area contributed by atoms with E-state index in [4.69, 9.17) is 9.47 Å². The second-order valence-corrected chi connectivity index (χ2v) is 8.42. The second kappa shape index (κ2) is 9.60. The summed E-state index contributed by atoms with van der Waals surface area (Å²) in [6, 6.07) is 14.1. The minimum absolute atomic E-state index is 0.0867. The molecule has 2 aliphatic rings. The van der Waals surface area contributed by atoms with Gasteiger partial charge in [0.2, 0.25) is 0 Å². The Morgan fingerprint density at radius 1 is 1.00 bits per heavy atom. The van der Waals surface area contributed by atoms with Crippen molar-refractivity contribution in [2.24, 2.45) is 0 Å². The Balaban J connectivity index is 1.32. The number of imide groups is 1. The quantitative estimate of drug-likeness (QED) is 0.592. The molecule has 10 nitrogen and oxygen atoms in total. The van der Waals surface area contributed by atoms with Crippen molar-refractivity contribution in [2.45, 2.75) is 12.5 Å². The normalized spacial score (nSPS) is 20.8. The molecule has 2 saturated heterocycles. The van der Waals surface area contributed by atoms with E-state index in [-0.39, 0.29) is 6.54 Å². The van der Waals surface area contributed by atoms with Gasteiger partial charge >= 0.3 is 6.03 Å². The highest BCUT2D eigenvalue weighted by Crippen LogP contribution is 2.30. The number of amides is 4. The van der Waals surface area contributed by atoms with E-state index in [9.17, 15) is 14.4 Å². The second-order valence-electron chi connectivity index (χ2n) is 8.42. The Labute approximate surface area is 198 Å². The molecule has 2 N–H and O–H groups in total. The Kier molecular flexibility index (Phi) is 6.60. The summed E-state index contributed by atoms with van der Waals surface area (Å²) in [4.78, 5) is 42.5. The fourth-order valence-electron chi connectivity index (χ4n) is 4.19. The van der Waals surface area contributed by atoms with Gasteiger partial charge < -0.3 is 19.7 Å². The largest absolute Gasteiger partial charge is 0.497 e. The molecule has 2 aromatic rings. The number of methoxy groups -OCH3 is 2. The molecule has 2 heterocycles. The topological polar surface area (TPSA) is 103 Å². The molecule has 180 valence electrons. The summed E-state index contributed by atoms with van der Waals surface area (Å²) < 4.78 is 10.4. The third kappa shape index (κ3) is 4.62. The smallest absolute Gasteiger partial charge is 0.344 e. The van der Waals surface area contributed by atoms with Crippen LogP contribution in [-0.4, -0.2) is 74.7 Å². The van der Waals surface area contributed by atoms with E-state index < -0.39 is 23.4 Å². The zero-order valence-corrected chi connectivity index (χ0v) is 19.5. The van der Waals surface area contributed by atoms with Crippen LogP contribution in [0.1, 0.15) is 12.5 Å². The minimum atomic E-state index is -1.30. The Morgan fingerprint density at radius 3 is 2.32 bits per heavy atom. The highest BCUT2D eigenvalue weighted by atomic mass is 16.5. The van der Waals surface area contributed by atoms with Crippen LogP contribution >= 0.6 is 0 Å². The number of hydrogen-bond donors (Lipinski definition) is 2. The maximum atomic E-state index is 13.1. The number of benzene rings is 2. The van der Waals surface area contributed by atoms with Crippen molar-refractivity contribution in [3.05, 3.63) is 54.1 Å². The van der Waals surface area contributed by atoms with Crippen LogP contribution < -0.4 is 25.1 Å². The molecule has 0 spiro atoms. The molecule has 4 amide bonds. The maximum absolute atomic E-state index is 13.1. The number of nitrogens with one attached hydrogen (secondary N) is 2. The van der Waals surface area contributed by atoms with Crippen LogP contribution in [0.25, 0.3) is 0 Å². The molecule has 1 atom stereocenters. The van der Waals surface area contributed by atoms with Gasteiger partial charge in [0.15, 0.2) is 0 Å². The average molecular weight is 468 g/mol. The zero-order chi connectivity index (χ0) is 24.3. The Hall–Kier alpha value is -3.79. The molecular weight excluding hydrogens is 438 g/mol. The highest BCUT2D eigenvalue weighted by Gasteiger charge is 2.50. The number of anilines is 1. The molecule has 34 heavy (non-hydrogen) atoms. The number of urea groups is 1. The molecule has 0 aromatic heterocycles. The van der Waals surface area contributed by atoms with E-state index in [0.717, 1.165) is 29.5 Å². The molecule has 0 bridgehead atoms. The van der Waals surface area contributed by atoms with Crippen molar-refractivity contribution in [3.63, 3.8) is 0 Å². The molecular formula is C24H29N5O5. The summed E-state index contributed by atoms with van der Waals surface area (Å²) in [7, 11) is 3.16. The molecule has 2 aromatic carbocycles. The molecule has 0 radical (unpaired) electrons. The van der Waals surface area contributed by atoms with E-state index in [1.807, 2.05) is 29.2 Å². The van der Waals surface area contributed by atoms with Gasteiger partial charge in [0, 0.05) is 31.9 Å². The van der Waals surface area contributed by atoms with E-state index in [1.165, 1.54) is 7.11 Å². The highest BCUT2D eigenvalue weighted by molar-refractivity contribution is 6.08. The van der Waals surface area contributed by atoms with Crippen LogP contribution in [-0.2, 0) is 15.1 Å². The monoisotopic (exact) mass is 467 g/mol. The van der Waals surface area contributed by atoms with Crippen molar-refractivity contribution in [2.75, 3.05) is 51.8 Å². The van der Waals surface area contributed by atoms with Gasteiger partial charge in [0.25, 0.3) is 11.8 Å². The number of carbonyl (C=O) groups is 3. The van der Waals surface area contributed by atoms with Crippen molar-refractivity contribution < 1.29 is 23.9 Å². The van der Waals surface area contributed by atoms with Crippen LogP contribution in [0, 0.1) is 0 Å². The lowest BCUT2D eigenvalue weighted by Gasteiger charge is -2.35. The number of hydrogen-bond acceptors (Lipinski definition) is 7. The lowest BCUT2D eigenvalue weighted by Crippen LogP contribution is -2.53. The first-order valence-corrected chi connectivity index (χ1v) is 11.1. The van der Waals surface area contributed by atoms with Gasteiger partial charge in [-0.1, -0.05) is 12.1 Å². The predicted molar refractivity (Wildman–Crippen MR) is 126 cm³/mol. The number of rotatable bonds is 7. The zero-order valence-electron chi connectivity index (χ0n) is 19.5. The first kappa shape index (κ1) is 23.4. The van der Waals surface area contributed by atoms with Crippen molar-refractivity contribution >= 4 is 23.5 Å². The fourth-order valence-corrected chi connectivity index (χ4v) is 4.19. The SMILES string of the molecule is COc1ccc(N2CCN(CC(=O)NN3C(=O)NC(C)(c4cccc(OC)c4)C3=O)CC2)cc1. The van der Waals surface area contributed by atoms with Crippen LogP contribution in [0.4, 0.5) is 10.5 Å². The van der Waals surface area contributed by atoms with Gasteiger partial charge in [0.1, 0.15) is 17.0 Å². The van der Waals surface area contributed by atoms with Crippen molar-refractivity contribution in [1.29, 1.82) is 0 Å². The molecule has 10 heteroatoms. The van der Waals surface area contributed by atoms with Gasteiger partial charge in [0.05, 0.1) is 20.8 Å². The molecule has 0 aliphatic carbocycles. The number of carbonyl (C=O) groups excluding carboxylic acids is 3. The number of hydrazine groups is 1. The van der Waals surface area contributed by atoms with Crippen LogP contribution in [0.3, 0.4) is 0 Å². The van der Waals surface area contributed by atoms with Gasteiger partial charge in [-0.05, 0) is 48.9 Å². The molecule has 1 unspecified atom stereocenters. The van der Waals surface area contributed by atoms with Gasteiger partial charge in [-0.25, -0.2) is 4.79 Å². The fraction of sp³-hybridized carbons (Fsp3) is 0.375. The number of ether oxygens (including phenoxy) is 2. The third-order valence-corrected chi connectivity index (χ3v) is 6.25. The third-order valence-electron chi connectivity index (χ3n) is 6.25. The van der Waals surface area contributed by atoms with Crippen molar-refractivity contribution in [1.82, 2.24) is 20.7 Å². The van der Waals surface area contributed by atoms with Crippen LogP contribution in [0.2, 0.25) is 0 Å². The summed E-state index contributed by atoms with van der Waals surface area (Å²) in [6.07, 6.45) is 0. The maximum Gasteiger partial charge on any atom is 0.344 e. The lowest BCUT2D eigenvalue weighted by molar-refractivity contribution is -0.139. The summed E-state index contributed by atoms with van der Waals surface area (Å²) >= 11 is 0. The number of piperazine rings is 1. The molecule has 4 rings (SSSR count). The molecule has 2 fully saturated rings. The van der Waals surface area contributed by atoms with Crippen LogP contribution in [0.5, 0.6) is 11.5 Å². The van der Waals surface area contributed by atoms with E-state index in [1.54, 1.807) is 38.3 Å². The van der Waals surface area contributed by atoms with E-state index >= 15 is 0 Å². The summed E-state index contributed by atoms with van der Waals surface area (Å²) in [5.74, 6) is 0.402. The minimum Gasteiger partial charge on any atom is -0.497 e. The lowest BCUT2D eigenvalue weighted by atomic mass is 9.92. The standard InChI is InChI=1S/C24H29N5O5/c1-24(17-5-4-6-20(15-17)34-3)22(31)29(23(32)25-24)26-21(30)16-27-11-13-28(14-12-27)18-7-9-19(33-2)10-8-18/h4-10,15H,11-14,16H2,1-3H3,(H,25,32)(H,26,30). The summed E-state index contributed by atoms with van der Waals surface area (Å²) in [6.45, 7) is 4.57. The first-order valence-electron chi connectivity index (χ1n) is 11.1. The van der Waals surface area contributed by atoms with Crippen molar-refractivity contribution in [3.8, 4) is 11.5 Å².